The summed E-state index contributed by atoms with van der Waals surface area (Å²) in [6.07, 6.45) is 2.16. The van der Waals surface area contributed by atoms with Gasteiger partial charge in [0.25, 0.3) is 0 Å². The van der Waals surface area contributed by atoms with E-state index in [4.69, 9.17) is 9.84 Å². The van der Waals surface area contributed by atoms with E-state index in [0.29, 0.717) is 25.7 Å². The van der Waals surface area contributed by atoms with Crippen molar-refractivity contribution in [1.82, 2.24) is 0 Å². The van der Waals surface area contributed by atoms with E-state index in [1.54, 1.807) is 20.8 Å². The third kappa shape index (κ3) is 9.78. The molecule has 5 heteroatoms. The fraction of sp³-hybridized carbons (Fsp3) is 0.867. The molecule has 0 radical (unpaired) electrons. The Bertz CT molecular complexity index is 328. The minimum absolute atomic E-state index is 0.0692. The lowest BCUT2D eigenvalue weighted by atomic mass is 9.94. The summed E-state index contributed by atoms with van der Waals surface area (Å²) < 4.78 is 5.46. The molecule has 0 saturated heterocycles. The van der Waals surface area contributed by atoms with Crippen molar-refractivity contribution in [2.45, 2.75) is 77.9 Å². The van der Waals surface area contributed by atoms with Crippen molar-refractivity contribution in [1.29, 1.82) is 0 Å². The Morgan fingerprint density at radius 2 is 1.70 bits per heavy atom. The Hall–Kier alpha value is -1.10. The van der Waals surface area contributed by atoms with Gasteiger partial charge in [0.1, 0.15) is 5.60 Å². The summed E-state index contributed by atoms with van der Waals surface area (Å²) >= 11 is 0. The molecule has 0 fully saturated rings. The van der Waals surface area contributed by atoms with Crippen molar-refractivity contribution in [3.8, 4) is 0 Å². The van der Waals surface area contributed by atoms with Crippen molar-refractivity contribution in [3.05, 3.63) is 0 Å². The average Bonchev–Trinajstić information content (AvgIpc) is 2.24. The van der Waals surface area contributed by atoms with Crippen LogP contribution in [0.3, 0.4) is 0 Å². The van der Waals surface area contributed by atoms with Crippen LogP contribution in [0.1, 0.15) is 66.7 Å². The molecule has 0 rings (SSSR count). The molecule has 0 aliphatic heterocycles. The van der Waals surface area contributed by atoms with Crippen molar-refractivity contribution in [3.63, 3.8) is 0 Å². The number of aliphatic hydroxyl groups is 1. The van der Waals surface area contributed by atoms with Crippen LogP contribution in [-0.4, -0.2) is 33.4 Å². The maximum Gasteiger partial charge on any atom is 0.309 e. The fourth-order valence-electron chi connectivity index (χ4n) is 1.71. The largest absolute Gasteiger partial charge is 0.481 e. The van der Waals surface area contributed by atoms with E-state index >= 15 is 0 Å². The number of carboxylic acid groups (broad SMARTS) is 1. The van der Waals surface area contributed by atoms with Gasteiger partial charge in [-0.15, -0.1) is 0 Å². The van der Waals surface area contributed by atoms with E-state index in [0.717, 1.165) is 0 Å². The van der Waals surface area contributed by atoms with Crippen molar-refractivity contribution in [2.75, 3.05) is 0 Å². The number of ether oxygens (including phenoxy) is 1. The normalized spacial score (nSPS) is 13.9. The zero-order valence-electron chi connectivity index (χ0n) is 13.2. The molecular formula is C15H28O5. The Morgan fingerprint density at radius 1 is 1.15 bits per heavy atom. The second-order valence-electron chi connectivity index (χ2n) is 6.68. The first-order valence-electron chi connectivity index (χ1n) is 7.10. The third-order valence-corrected chi connectivity index (χ3v) is 3.15. The minimum atomic E-state index is -0.851. The predicted molar refractivity (Wildman–Crippen MR) is 76.4 cm³/mol. The molecular weight excluding hydrogens is 260 g/mol. The van der Waals surface area contributed by atoms with E-state index < -0.39 is 17.2 Å². The average molecular weight is 288 g/mol. The molecule has 0 aliphatic rings. The summed E-state index contributed by atoms with van der Waals surface area (Å²) in [5.74, 6) is -1.47. The Balaban J connectivity index is 4.18. The van der Waals surface area contributed by atoms with Crippen LogP contribution in [-0.2, 0) is 14.3 Å². The van der Waals surface area contributed by atoms with E-state index in [1.165, 1.54) is 0 Å². The standard InChI is InChI=1S/C15H28O5/c1-11(7-6-8-12(16)17)13(18)20-15(4,5)10-9-14(2,3)19/h11,19H,6-10H2,1-5H3,(H,16,17). The highest BCUT2D eigenvalue weighted by Gasteiger charge is 2.28. The van der Waals surface area contributed by atoms with Gasteiger partial charge in [-0.25, -0.2) is 0 Å². The van der Waals surface area contributed by atoms with Gasteiger partial charge in [0.15, 0.2) is 0 Å². The van der Waals surface area contributed by atoms with Crippen molar-refractivity contribution >= 4 is 11.9 Å². The molecule has 1 unspecified atom stereocenters. The Kier molecular flexibility index (Phi) is 7.20. The van der Waals surface area contributed by atoms with E-state index in [9.17, 15) is 14.7 Å². The van der Waals surface area contributed by atoms with Crippen LogP contribution in [0.25, 0.3) is 0 Å². The number of aliphatic carboxylic acids is 1. The van der Waals surface area contributed by atoms with Gasteiger partial charge in [-0.05, 0) is 53.4 Å². The molecule has 0 saturated carbocycles. The first-order chi connectivity index (χ1) is 8.93. The Morgan fingerprint density at radius 3 is 2.15 bits per heavy atom. The minimum Gasteiger partial charge on any atom is -0.481 e. The molecule has 20 heavy (non-hydrogen) atoms. The molecule has 0 heterocycles. The lowest BCUT2D eigenvalue weighted by Gasteiger charge is -2.29. The van der Waals surface area contributed by atoms with Gasteiger partial charge in [0.2, 0.25) is 0 Å². The van der Waals surface area contributed by atoms with Crippen LogP contribution in [0.5, 0.6) is 0 Å². The van der Waals surface area contributed by atoms with Gasteiger partial charge < -0.3 is 14.9 Å². The third-order valence-electron chi connectivity index (χ3n) is 3.15. The quantitative estimate of drug-likeness (QED) is 0.637. The van der Waals surface area contributed by atoms with E-state index in [2.05, 4.69) is 0 Å². The fourth-order valence-corrected chi connectivity index (χ4v) is 1.71. The Labute approximate surface area is 121 Å². The summed E-state index contributed by atoms with van der Waals surface area (Å²) in [4.78, 5) is 22.3. The van der Waals surface area contributed by atoms with Crippen molar-refractivity contribution < 1.29 is 24.5 Å². The monoisotopic (exact) mass is 288 g/mol. The second-order valence-corrected chi connectivity index (χ2v) is 6.68. The highest BCUT2D eigenvalue weighted by Crippen LogP contribution is 2.24. The molecule has 0 amide bonds. The molecule has 1 atom stereocenters. The number of rotatable bonds is 9. The van der Waals surface area contributed by atoms with Crippen LogP contribution in [0.2, 0.25) is 0 Å². The van der Waals surface area contributed by atoms with Crippen LogP contribution in [0, 0.1) is 5.92 Å². The summed E-state index contributed by atoms with van der Waals surface area (Å²) in [6, 6.07) is 0. The van der Waals surface area contributed by atoms with Crippen molar-refractivity contribution in [2.24, 2.45) is 5.92 Å². The summed E-state index contributed by atoms with van der Waals surface area (Å²) in [5, 5.41) is 18.3. The number of carbonyl (C=O) groups is 2. The van der Waals surface area contributed by atoms with Gasteiger partial charge in [-0.2, -0.15) is 0 Å². The molecule has 0 aromatic heterocycles. The van der Waals surface area contributed by atoms with Gasteiger partial charge in [-0.1, -0.05) is 6.92 Å². The number of esters is 1. The smallest absolute Gasteiger partial charge is 0.309 e. The number of hydrogen-bond donors (Lipinski definition) is 2. The number of carboxylic acids is 1. The zero-order chi connectivity index (χ0) is 16.0. The van der Waals surface area contributed by atoms with Gasteiger partial charge in [-0.3, -0.25) is 9.59 Å². The van der Waals surface area contributed by atoms with Crippen LogP contribution < -0.4 is 0 Å². The van der Waals surface area contributed by atoms with Gasteiger partial charge in [0, 0.05) is 6.42 Å². The number of hydrogen-bond acceptors (Lipinski definition) is 4. The number of carbonyl (C=O) groups excluding carboxylic acids is 1. The molecule has 5 nitrogen and oxygen atoms in total. The second kappa shape index (κ2) is 7.62. The maximum absolute atomic E-state index is 11.9. The first-order valence-corrected chi connectivity index (χ1v) is 7.10. The molecule has 2 N–H and O–H groups in total. The predicted octanol–water partition coefficient (Wildman–Crippen LogP) is 2.75. The summed E-state index contributed by atoms with van der Waals surface area (Å²) in [5.41, 5.74) is -1.41. The van der Waals surface area contributed by atoms with E-state index in [-0.39, 0.29) is 18.3 Å². The van der Waals surface area contributed by atoms with Gasteiger partial charge >= 0.3 is 11.9 Å². The van der Waals surface area contributed by atoms with Crippen LogP contribution in [0.15, 0.2) is 0 Å². The highest BCUT2D eigenvalue weighted by atomic mass is 16.6. The van der Waals surface area contributed by atoms with E-state index in [1.807, 2.05) is 13.8 Å². The topological polar surface area (TPSA) is 83.8 Å². The molecule has 0 aliphatic carbocycles. The van der Waals surface area contributed by atoms with Crippen LogP contribution >= 0.6 is 0 Å². The molecule has 0 spiro atoms. The molecule has 0 bridgehead atoms. The lowest BCUT2D eigenvalue weighted by Crippen LogP contribution is -2.33. The summed E-state index contributed by atoms with van der Waals surface area (Å²) in [6.45, 7) is 8.83. The highest BCUT2D eigenvalue weighted by molar-refractivity contribution is 5.72. The lowest BCUT2D eigenvalue weighted by molar-refractivity contribution is -0.163. The maximum atomic E-state index is 11.9. The first kappa shape index (κ1) is 18.9. The SMILES string of the molecule is CC(CCCC(=O)O)C(=O)OC(C)(C)CCC(C)(C)O. The molecule has 0 aromatic rings. The molecule has 118 valence electrons. The van der Waals surface area contributed by atoms with Gasteiger partial charge in [0.05, 0.1) is 11.5 Å². The summed E-state index contributed by atoms with van der Waals surface area (Å²) in [7, 11) is 0. The van der Waals surface area contributed by atoms with Crippen LogP contribution in [0.4, 0.5) is 0 Å². The zero-order valence-corrected chi connectivity index (χ0v) is 13.2. The molecule has 0 aromatic carbocycles.